The molecule has 2 aromatic rings. The van der Waals surface area contributed by atoms with Gasteiger partial charge in [0, 0.05) is 50.6 Å². The van der Waals surface area contributed by atoms with Gasteiger partial charge in [0.15, 0.2) is 0 Å². The maximum absolute atomic E-state index is 11.1. The van der Waals surface area contributed by atoms with Crippen LogP contribution in [0.4, 0.5) is 5.69 Å². The van der Waals surface area contributed by atoms with Crippen molar-refractivity contribution >= 4 is 11.6 Å². The maximum atomic E-state index is 11.1. The molecule has 0 aliphatic carbocycles. The van der Waals surface area contributed by atoms with Gasteiger partial charge in [-0.25, -0.2) is 4.68 Å². The molecule has 2 saturated heterocycles. The average molecular weight is 383 g/mol. The molecule has 1 atom stereocenters. The molecule has 0 spiro atoms. The minimum Gasteiger partial charge on any atom is -0.372 e. The van der Waals surface area contributed by atoms with Gasteiger partial charge in [-0.2, -0.15) is 5.10 Å². The van der Waals surface area contributed by atoms with Gasteiger partial charge in [-0.1, -0.05) is 12.1 Å². The molecule has 150 valence electrons. The van der Waals surface area contributed by atoms with Crippen LogP contribution in [0.15, 0.2) is 36.7 Å². The second kappa shape index (κ2) is 8.78. The summed E-state index contributed by atoms with van der Waals surface area (Å²) >= 11 is 0. The van der Waals surface area contributed by atoms with E-state index in [2.05, 4.69) is 45.8 Å². The van der Waals surface area contributed by atoms with Gasteiger partial charge in [-0.05, 0) is 55.7 Å². The molecule has 4 rings (SSSR count). The first-order valence-electron chi connectivity index (χ1n) is 10.4. The van der Waals surface area contributed by atoms with Crippen molar-refractivity contribution in [2.24, 2.45) is 5.92 Å². The number of piperidine rings is 1. The largest absolute Gasteiger partial charge is 0.372 e. The van der Waals surface area contributed by atoms with Crippen LogP contribution in [0.3, 0.4) is 0 Å². The summed E-state index contributed by atoms with van der Waals surface area (Å²) < 4.78 is 7.78. The van der Waals surface area contributed by atoms with Crippen molar-refractivity contribution in [1.29, 1.82) is 0 Å². The molecule has 0 radical (unpaired) electrons. The number of benzene rings is 1. The van der Waals surface area contributed by atoms with Gasteiger partial charge in [0.1, 0.15) is 6.23 Å². The Morgan fingerprint density at radius 2 is 1.93 bits per heavy atom. The zero-order chi connectivity index (χ0) is 19.3. The van der Waals surface area contributed by atoms with E-state index in [1.165, 1.54) is 17.7 Å². The number of nitrogens with zero attached hydrogens (tertiary/aromatic N) is 3. The van der Waals surface area contributed by atoms with Crippen LogP contribution in [-0.4, -0.2) is 41.9 Å². The molecular formula is C22H30N4O2. The monoisotopic (exact) mass is 382 g/mol. The Balaban J connectivity index is 1.34. The van der Waals surface area contributed by atoms with E-state index in [1.807, 2.05) is 10.9 Å². The molecular weight excluding hydrogens is 352 g/mol. The summed E-state index contributed by atoms with van der Waals surface area (Å²) in [6.07, 6.45) is 9.75. The van der Waals surface area contributed by atoms with Crippen LogP contribution in [0, 0.1) is 5.92 Å². The van der Waals surface area contributed by atoms with Crippen LogP contribution in [-0.2, 0) is 9.53 Å². The number of hydrogen-bond acceptors (Lipinski definition) is 4. The molecule has 28 heavy (non-hydrogen) atoms. The number of anilines is 1. The molecule has 1 aromatic heterocycles. The summed E-state index contributed by atoms with van der Waals surface area (Å²) in [5, 5.41) is 7.46. The number of carbonyl (C=O) groups is 1. The first-order chi connectivity index (χ1) is 13.7. The van der Waals surface area contributed by atoms with Crippen molar-refractivity contribution in [3.05, 3.63) is 36.7 Å². The van der Waals surface area contributed by atoms with E-state index in [1.54, 1.807) is 6.92 Å². The van der Waals surface area contributed by atoms with E-state index in [0.29, 0.717) is 5.92 Å². The van der Waals surface area contributed by atoms with Gasteiger partial charge in [0.25, 0.3) is 0 Å². The smallest absolute Gasteiger partial charge is 0.216 e. The predicted octanol–water partition coefficient (Wildman–Crippen LogP) is 3.60. The van der Waals surface area contributed by atoms with Gasteiger partial charge >= 0.3 is 0 Å². The zero-order valence-electron chi connectivity index (χ0n) is 16.6. The maximum Gasteiger partial charge on any atom is 0.216 e. The third-order valence-corrected chi connectivity index (χ3v) is 5.87. The van der Waals surface area contributed by atoms with Crippen molar-refractivity contribution in [2.45, 2.75) is 45.3 Å². The van der Waals surface area contributed by atoms with E-state index < -0.39 is 0 Å². The first-order valence-corrected chi connectivity index (χ1v) is 10.4. The highest BCUT2D eigenvalue weighted by molar-refractivity contribution is 5.72. The van der Waals surface area contributed by atoms with Crippen LogP contribution in [0.1, 0.15) is 45.3 Å². The quantitative estimate of drug-likeness (QED) is 0.858. The Morgan fingerprint density at radius 3 is 2.61 bits per heavy atom. The lowest BCUT2D eigenvalue weighted by atomic mass is 9.96. The number of carbonyl (C=O) groups excluding carboxylic acids is 1. The van der Waals surface area contributed by atoms with E-state index in [4.69, 9.17) is 4.74 Å². The lowest BCUT2D eigenvalue weighted by molar-refractivity contribution is -0.119. The van der Waals surface area contributed by atoms with Gasteiger partial charge in [0.2, 0.25) is 5.91 Å². The molecule has 1 aromatic carbocycles. The summed E-state index contributed by atoms with van der Waals surface area (Å²) in [6, 6.07) is 8.78. The van der Waals surface area contributed by atoms with Crippen molar-refractivity contribution in [2.75, 3.05) is 31.1 Å². The summed E-state index contributed by atoms with van der Waals surface area (Å²) in [5.41, 5.74) is 3.59. The molecule has 2 aliphatic heterocycles. The molecule has 1 N–H and O–H groups in total. The Morgan fingerprint density at radius 1 is 1.14 bits per heavy atom. The molecule has 2 aliphatic rings. The SMILES string of the molecule is CC(=O)NCC1CCN(c2ccc(-c3cnn(C4CCCCO4)c3)cc2)CC1. The highest BCUT2D eigenvalue weighted by Crippen LogP contribution is 2.28. The van der Waals surface area contributed by atoms with Crippen LogP contribution in [0.2, 0.25) is 0 Å². The fraction of sp³-hybridized carbons (Fsp3) is 0.545. The topological polar surface area (TPSA) is 59.4 Å². The third-order valence-electron chi connectivity index (χ3n) is 5.87. The van der Waals surface area contributed by atoms with Crippen LogP contribution < -0.4 is 10.2 Å². The first kappa shape index (κ1) is 19.0. The molecule has 6 heteroatoms. The van der Waals surface area contributed by atoms with E-state index in [9.17, 15) is 4.79 Å². The summed E-state index contributed by atoms with van der Waals surface area (Å²) in [7, 11) is 0. The van der Waals surface area contributed by atoms with E-state index in [0.717, 1.165) is 57.5 Å². The van der Waals surface area contributed by atoms with Gasteiger partial charge in [0.05, 0.1) is 6.20 Å². The number of amides is 1. The van der Waals surface area contributed by atoms with Gasteiger partial charge in [-0.3, -0.25) is 4.79 Å². The zero-order valence-corrected chi connectivity index (χ0v) is 16.6. The number of hydrogen-bond donors (Lipinski definition) is 1. The van der Waals surface area contributed by atoms with E-state index in [-0.39, 0.29) is 12.1 Å². The Labute approximate surface area is 166 Å². The fourth-order valence-electron chi connectivity index (χ4n) is 4.13. The Kier molecular flexibility index (Phi) is 5.95. The Hall–Kier alpha value is -2.34. The highest BCUT2D eigenvalue weighted by atomic mass is 16.5. The summed E-state index contributed by atoms with van der Waals surface area (Å²) in [5.74, 6) is 0.656. The summed E-state index contributed by atoms with van der Waals surface area (Å²) in [4.78, 5) is 13.5. The predicted molar refractivity (Wildman–Crippen MR) is 110 cm³/mol. The normalized spacial score (nSPS) is 20.9. The van der Waals surface area contributed by atoms with Gasteiger partial charge < -0.3 is 15.0 Å². The van der Waals surface area contributed by atoms with Crippen molar-refractivity contribution < 1.29 is 9.53 Å². The van der Waals surface area contributed by atoms with Crippen LogP contribution in [0.5, 0.6) is 0 Å². The second-order valence-electron chi connectivity index (χ2n) is 7.94. The molecule has 1 amide bonds. The number of nitrogens with one attached hydrogen (secondary N) is 1. The standard InChI is InChI=1S/C22H30N4O2/c1-17(27)23-14-18-9-11-25(12-10-18)21-7-5-19(6-8-21)20-15-24-26(16-20)22-4-2-3-13-28-22/h5-8,15-16,18,22H,2-4,9-14H2,1H3,(H,23,27). The molecule has 2 fully saturated rings. The fourth-order valence-corrected chi connectivity index (χ4v) is 4.13. The minimum absolute atomic E-state index is 0.0661. The molecule has 3 heterocycles. The molecule has 6 nitrogen and oxygen atoms in total. The average Bonchev–Trinajstić information content (AvgIpc) is 3.24. The van der Waals surface area contributed by atoms with Crippen molar-refractivity contribution in [3.63, 3.8) is 0 Å². The van der Waals surface area contributed by atoms with Crippen molar-refractivity contribution in [3.8, 4) is 11.1 Å². The second-order valence-corrected chi connectivity index (χ2v) is 7.94. The molecule has 0 saturated carbocycles. The number of aromatic nitrogens is 2. The number of ether oxygens (including phenoxy) is 1. The lowest BCUT2D eigenvalue weighted by Gasteiger charge is -2.33. The molecule has 0 bridgehead atoms. The highest BCUT2D eigenvalue weighted by Gasteiger charge is 2.20. The number of rotatable bonds is 5. The minimum atomic E-state index is 0.0661. The van der Waals surface area contributed by atoms with Crippen molar-refractivity contribution in [1.82, 2.24) is 15.1 Å². The van der Waals surface area contributed by atoms with Crippen LogP contribution >= 0.6 is 0 Å². The summed E-state index contributed by atoms with van der Waals surface area (Å²) in [6.45, 7) is 5.30. The van der Waals surface area contributed by atoms with Gasteiger partial charge in [-0.15, -0.1) is 0 Å². The Bertz CT molecular complexity index is 772. The van der Waals surface area contributed by atoms with Crippen LogP contribution in [0.25, 0.3) is 11.1 Å². The lowest BCUT2D eigenvalue weighted by Crippen LogP contribution is -2.38. The molecule has 1 unspecified atom stereocenters. The third kappa shape index (κ3) is 4.55. The van der Waals surface area contributed by atoms with E-state index >= 15 is 0 Å².